The highest BCUT2D eigenvalue weighted by molar-refractivity contribution is 6.35. The second-order valence-corrected chi connectivity index (χ2v) is 10.7. The first-order valence-electron chi connectivity index (χ1n) is 12.0. The first kappa shape index (κ1) is 23.6. The minimum Gasteiger partial charge on any atom is -0.347 e. The molecule has 34 heavy (non-hydrogen) atoms. The normalized spacial score (nSPS) is 19.6. The van der Waals surface area contributed by atoms with E-state index < -0.39 is 5.43 Å². The SMILES string of the molecule is CCC[N+](C)(c1c(Nc2ccc(C3NCCc4cc(Cl)cc(Cl)c43)c(C)c2)c(=O)c1=O)C1CC1. The molecular weight excluding hydrogens is 469 g/mol. The third-order valence-electron chi connectivity index (χ3n) is 7.50. The molecule has 0 bridgehead atoms. The van der Waals surface area contributed by atoms with E-state index in [1.807, 2.05) is 18.2 Å². The molecule has 3 aromatic carbocycles. The molecule has 7 heteroatoms. The van der Waals surface area contributed by atoms with Crippen molar-refractivity contribution in [1.29, 1.82) is 0 Å². The Labute approximate surface area is 210 Å². The zero-order valence-electron chi connectivity index (χ0n) is 19.8. The lowest BCUT2D eigenvalue weighted by atomic mass is 9.87. The van der Waals surface area contributed by atoms with Gasteiger partial charge in [0.15, 0.2) is 5.69 Å². The van der Waals surface area contributed by atoms with Crippen molar-refractivity contribution in [3.8, 4) is 0 Å². The van der Waals surface area contributed by atoms with Crippen LogP contribution in [0.3, 0.4) is 0 Å². The lowest BCUT2D eigenvalue weighted by Crippen LogP contribution is -2.56. The van der Waals surface area contributed by atoms with Gasteiger partial charge >= 0.3 is 0 Å². The van der Waals surface area contributed by atoms with Crippen molar-refractivity contribution in [3.05, 3.63) is 83.1 Å². The van der Waals surface area contributed by atoms with Gasteiger partial charge in [-0.15, -0.1) is 0 Å². The quantitative estimate of drug-likeness (QED) is 0.338. The summed E-state index contributed by atoms with van der Waals surface area (Å²) in [5, 5.41) is 8.21. The first-order chi connectivity index (χ1) is 16.2. The van der Waals surface area contributed by atoms with Gasteiger partial charge < -0.3 is 10.6 Å². The van der Waals surface area contributed by atoms with Crippen molar-refractivity contribution in [2.45, 2.75) is 51.6 Å². The number of hydrogen-bond acceptors (Lipinski definition) is 4. The minimum atomic E-state index is -0.413. The molecule has 0 radical (unpaired) electrons. The topological polar surface area (TPSA) is 58.2 Å². The zero-order valence-corrected chi connectivity index (χ0v) is 21.3. The number of benzene rings is 2. The van der Waals surface area contributed by atoms with Crippen LogP contribution in [0, 0.1) is 6.92 Å². The van der Waals surface area contributed by atoms with Crippen LogP contribution >= 0.6 is 23.2 Å². The zero-order chi connectivity index (χ0) is 24.2. The molecule has 0 saturated heterocycles. The van der Waals surface area contributed by atoms with E-state index in [9.17, 15) is 9.59 Å². The number of hydrogen-bond donors (Lipinski definition) is 2. The van der Waals surface area contributed by atoms with Gasteiger partial charge in [-0.2, -0.15) is 0 Å². The Kier molecular flexibility index (Phi) is 6.09. The number of rotatable bonds is 7. The van der Waals surface area contributed by atoms with E-state index in [2.05, 4.69) is 37.6 Å². The van der Waals surface area contributed by atoms with Gasteiger partial charge in [-0.25, -0.2) is 0 Å². The third kappa shape index (κ3) is 3.89. The lowest BCUT2D eigenvalue weighted by Gasteiger charge is -2.35. The second-order valence-electron chi connectivity index (χ2n) is 9.90. The summed E-state index contributed by atoms with van der Waals surface area (Å²) >= 11 is 12.8. The van der Waals surface area contributed by atoms with Gasteiger partial charge in [-0.1, -0.05) is 36.2 Å². The van der Waals surface area contributed by atoms with Crippen LogP contribution in [-0.2, 0) is 6.42 Å². The van der Waals surface area contributed by atoms with E-state index in [4.69, 9.17) is 23.2 Å². The predicted molar refractivity (Wildman–Crippen MR) is 142 cm³/mol. The Morgan fingerprint density at radius 1 is 1.12 bits per heavy atom. The largest absolute Gasteiger partial charge is 0.347 e. The fourth-order valence-corrected chi connectivity index (χ4v) is 6.32. The van der Waals surface area contributed by atoms with Crippen LogP contribution in [0.25, 0.3) is 0 Å². The monoisotopic (exact) mass is 498 g/mol. The van der Waals surface area contributed by atoms with E-state index in [1.165, 1.54) is 5.56 Å². The van der Waals surface area contributed by atoms with E-state index in [1.54, 1.807) is 6.07 Å². The summed E-state index contributed by atoms with van der Waals surface area (Å²) in [6, 6.07) is 10.3. The van der Waals surface area contributed by atoms with Crippen molar-refractivity contribution >= 4 is 40.3 Å². The number of halogens is 2. The Morgan fingerprint density at radius 3 is 2.56 bits per heavy atom. The van der Waals surface area contributed by atoms with Crippen LogP contribution in [0.1, 0.15) is 54.5 Å². The Balaban J connectivity index is 1.46. The first-order valence-corrected chi connectivity index (χ1v) is 12.8. The number of quaternary nitrogens is 1. The maximum atomic E-state index is 12.6. The highest BCUT2D eigenvalue weighted by Gasteiger charge is 2.48. The maximum Gasteiger partial charge on any atom is 0.290 e. The molecule has 2 N–H and O–H groups in total. The van der Waals surface area contributed by atoms with E-state index in [0.29, 0.717) is 31.9 Å². The van der Waals surface area contributed by atoms with Crippen LogP contribution in [0.5, 0.6) is 0 Å². The summed E-state index contributed by atoms with van der Waals surface area (Å²) in [5.74, 6) is 0. The summed E-state index contributed by atoms with van der Waals surface area (Å²) < 4.78 is 0.560. The molecule has 3 aromatic rings. The molecule has 5 rings (SSSR count). The Bertz CT molecular complexity index is 1340. The predicted octanol–water partition coefficient (Wildman–Crippen LogP) is 5.39. The third-order valence-corrected chi connectivity index (χ3v) is 8.03. The van der Waals surface area contributed by atoms with Crippen LogP contribution in [0.15, 0.2) is 39.9 Å². The molecule has 1 fully saturated rings. The molecule has 0 spiro atoms. The number of nitrogens with zero attached hydrogens (tertiary/aromatic N) is 1. The molecule has 2 aliphatic rings. The maximum absolute atomic E-state index is 12.6. The Morgan fingerprint density at radius 2 is 1.88 bits per heavy atom. The van der Waals surface area contributed by atoms with Crippen LogP contribution in [0.2, 0.25) is 10.0 Å². The molecule has 2 unspecified atom stereocenters. The van der Waals surface area contributed by atoms with E-state index >= 15 is 0 Å². The van der Waals surface area contributed by atoms with Gasteiger partial charge in [0, 0.05) is 35.1 Å². The number of anilines is 2. The van der Waals surface area contributed by atoms with Crippen LogP contribution in [0.4, 0.5) is 17.1 Å². The van der Waals surface area contributed by atoms with Crippen molar-refractivity contribution in [2.24, 2.45) is 0 Å². The summed E-state index contributed by atoms with van der Waals surface area (Å²) in [5.41, 5.74) is 5.61. The number of aryl methyl sites for hydroxylation is 1. The summed E-state index contributed by atoms with van der Waals surface area (Å²) in [7, 11) is 2.10. The van der Waals surface area contributed by atoms with Gasteiger partial charge in [0.1, 0.15) is 0 Å². The summed E-state index contributed by atoms with van der Waals surface area (Å²) in [4.78, 5) is 25.2. The van der Waals surface area contributed by atoms with Crippen molar-refractivity contribution < 1.29 is 0 Å². The number of nitrogens with one attached hydrogen (secondary N) is 2. The molecule has 1 aliphatic carbocycles. The van der Waals surface area contributed by atoms with Gasteiger partial charge in [-0.3, -0.25) is 14.1 Å². The highest BCUT2D eigenvalue weighted by atomic mass is 35.5. The average molecular weight is 499 g/mol. The van der Waals surface area contributed by atoms with Crippen molar-refractivity contribution in [1.82, 2.24) is 9.80 Å². The van der Waals surface area contributed by atoms with Gasteiger partial charge in [-0.05, 0) is 66.3 Å². The van der Waals surface area contributed by atoms with Gasteiger partial charge in [0.05, 0.1) is 25.7 Å². The summed E-state index contributed by atoms with van der Waals surface area (Å²) in [6.45, 7) is 5.89. The fraction of sp³-hybridized carbons (Fsp3) is 0.407. The highest BCUT2D eigenvalue weighted by Crippen LogP contribution is 2.41. The van der Waals surface area contributed by atoms with E-state index in [-0.39, 0.29) is 11.5 Å². The molecule has 2 atom stereocenters. The molecule has 1 heterocycles. The molecule has 5 nitrogen and oxygen atoms in total. The lowest BCUT2D eigenvalue weighted by molar-refractivity contribution is 0.316. The molecule has 1 aliphatic heterocycles. The minimum absolute atomic E-state index is 0.0244. The Hall–Kier alpha value is -2.18. The standard InChI is InChI=1S/C27H29Cl2N3O2/c1-4-11-32(3,19-6-7-19)25-24(26(33)27(25)34)31-18-5-8-20(15(2)12-18)23-22-16(9-10-30-23)13-17(28)14-21(22)29/h5,8,12-14,19,23,30H,4,6-7,9-11H2,1-3H3/p+1. The smallest absolute Gasteiger partial charge is 0.290 e. The average Bonchev–Trinajstić information content (AvgIpc) is 3.64. The second kappa shape index (κ2) is 8.80. The number of fused-ring (bicyclic) bond motifs is 1. The van der Waals surface area contributed by atoms with Gasteiger partial charge in [0.25, 0.3) is 10.9 Å². The van der Waals surface area contributed by atoms with Crippen molar-refractivity contribution in [2.75, 3.05) is 25.5 Å². The van der Waals surface area contributed by atoms with Crippen LogP contribution < -0.4 is 26.0 Å². The fourth-order valence-electron chi connectivity index (χ4n) is 5.68. The van der Waals surface area contributed by atoms with Crippen LogP contribution in [-0.4, -0.2) is 26.2 Å². The van der Waals surface area contributed by atoms with Gasteiger partial charge in [0.2, 0.25) is 5.69 Å². The molecule has 1 saturated carbocycles. The molecular formula is C27H30Cl2N3O2+. The molecule has 178 valence electrons. The van der Waals surface area contributed by atoms with E-state index in [0.717, 1.165) is 61.2 Å². The summed E-state index contributed by atoms with van der Waals surface area (Å²) in [6.07, 6.45) is 4.05. The molecule has 0 amide bonds. The molecule has 0 aromatic heterocycles. The van der Waals surface area contributed by atoms with Crippen molar-refractivity contribution in [3.63, 3.8) is 0 Å².